The van der Waals surface area contributed by atoms with Crippen LogP contribution in [0.2, 0.25) is 0 Å². The van der Waals surface area contributed by atoms with Crippen LogP contribution in [0.5, 0.6) is 11.5 Å². The number of rotatable bonds is 10. The van der Waals surface area contributed by atoms with E-state index in [1.807, 2.05) is 88.4 Å². The molecule has 6 aromatic rings. The number of hydrogen-bond acceptors (Lipinski definition) is 8. The highest BCUT2D eigenvalue weighted by atomic mass is 16.3. The standard InChI is InChI=1S/2C22H21N3O2/c2*1-15-8-7-12-19(16(15)2)24-20-11-5-4-10-18(20)22(27)25-23-14-17-9-3-6-13-21(17)26/h2*3-14,24,26H,1-2H3,(H,25,27)/b2*23-14+. The lowest BCUT2D eigenvalue weighted by atomic mass is 10.1. The summed E-state index contributed by atoms with van der Waals surface area (Å²) in [6.45, 7) is 8.17. The Balaban J connectivity index is 0.000000208. The van der Waals surface area contributed by atoms with Gasteiger partial charge in [0.2, 0.25) is 0 Å². The molecule has 272 valence electrons. The predicted molar refractivity (Wildman–Crippen MR) is 218 cm³/mol. The number of nitrogens with zero attached hydrogens (tertiary/aromatic N) is 2. The maximum atomic E-state index is 12.6. The molecule has 10 heteroatoms. The van der Waals surface area contributed by atoms with Gasteiger partial charge < -0.3 is 20.8 Å². The Bertz CT molecular complexity index is 2160. The Kier molecular flexibility index (Phi) is 12.9. The molecule has 0 bridgehead atoms. The smallest absolute Gasteiger partial charge is 0.273 e. The van der Waals surface area contributed by atoms with Crippen LogP contribution in [-0.4, -0.2) is 34.5 Å². The molecule has 0 saturated carbocycles. The molecule has 0 saturated heterocycles. The number of phenols is 2. The van der Waals surface area contributed by atoms with Crippen LogP contribution in [-0.2, 0) is 0 Å². The Labute approximate surface area is 314 Å². The van der Waals surface area contributed by atoms with Gasteiger partial charge >= 0.3 is 0 Å². The Morgan fingerprint density at radius 3 is 1.22 bits per heavy atom. The maximum Gasteiger partial charge on any atom is 0.273 e. The zero-order chi connectivity index (χ0) is 38.5. The summed E-state index contributed by atoms with van der Waals surface area (Å²) in [6.07, 6.45) is 2.82. The quantitative estimate of drug-likeness (QED) is 0.0616. The van der Waals surface area contributed by atoms with Gasteiger partial charge in [-0.1, -0.05) is 72.8 Å². The van der Waals surface area contributed by atoms with E-state index in [9.17, 15) is 19.8 Å². The topological polar surface area (TPSA) is 147 Å². The molecule has 0 aliphatic rings. The highest BCUT2D eigenvalue weighted by Gasteiger charge is 2.13. The van der Waals surface area contributed by atoms with E-state index in [2.05, 4.69) is 31.7 Å². The van der Waals surface area contributed by atoms with Crippen molar-refractivity contribution in [2.75, 3.05) is 10.6 Å². The van der Waals surface area contributed by atoms with E-state index in [0.717, 1.165) is 22.5 Å². The van der Waals surface area contributed by atoms with Gasteiger partial charge in [0, 0.05) is 22.5 Å². The average Bonchev–Trinajstić information content (AvgIpc) is 3.17. The highest BCUT2D eigenvalue weighted by Crippen LogP contribution is 2.27. The first-order valence-electron chi connectivity index (χ1n) is 17.2. The van der Waals surface area contributed by atoms with Crippen LogP contribution in [0.1, 0.15) is 54.1 Å². The van der Waals surface area contributed by atoms with Crippen molar-refractivity contribution in [1.29, 1.82) is 0 Å². The fourth-order valence-corrected chi connectivity index (χ4v) is 5.28. The van der Waals surface area contributed by atoms with E-state index in [0.29, 0.717) is 33.6 Å². The second-order valence-corrected chi connectivity index (χ2v) is 12.4. The number of aryl methyl sites for hydroxylation is 2. The average molecular weight is 719 g/mol. The number of carbonyl (C=O) groups is 2. The molecule has 0 aromatic heterocycles. The second kappa shape index (κ2) is 18.3. The zero-order valence-corrected chi connectivity index (χ0v) is 30.5. The minimum atomic E-state index is -0.338. The molecule has 0 aliphatic carbocycles. The van der Waals surface area contributed by atoms with Gasteiger partial charge in [-0.3, -0.25) is 9.59 Å². The molecule has 6 N–H and O–H groups in total. The largest absolute Gasteiger partial charge is 0.507 e. The van der Waals surface area contributed by atoms with Gasteiger partial charge in [-0.15, -0.1) is 0 Å². The number of hydrazone groups is 2. The van der Waals surface area contributed by atoms with Gasteiger partial charge in [0.15, 0.2) is 0 Å². The summed E-state index contributed by atoms with van der Waals surface area (Å²) in [6, 6.07) is 40.1. The van der Waals surface area contributed by atoms with Gasteiger partial charge in [0.1, 0.15) is 11.5 Å². The van der Waals surface area contributed by atoms with Crippen molar-refractivity contribution in [1.82, 2.24) is 10.9 Å². The fourth-order valence-electron chi connectivity index (χ4n) is 5.28. The van der Waals surface area contributed by atoms with E-state index in [-0.39, 0.29) is 23.3 Å². The van der Waals surface area contributed by atoms with Crippen LogP contribution in [0.15, 0.2) is 144 Å². The lowest BCUT2D eigenvalue weighted by Gasteiger charge is -2.14. The maximum absolute atomic E-state index is 12.6. The van der Waals surface area contributed by atoms with Gasteiger partial charge in [-0.05, 0) is 111 Å². The number of anilines is 4. The first kappa shape index (κ1) is 38.0. The van der Waals surface area contributed by atoms with Crippen LogP contribution in [0.4, 0.5) is 22.7 Å². The number of nitrogens with one attached hydrogen (secondary N) is 4. The number of amides is 2. The van der Waals surface area contributed by atoms with Gasteiger partial charge in [0.25, 0.3) is 11.8 Å². The summed E-state index contributed by atoms with van der Waals surface area (Å²) in [5, 5.41) is 34.0. The molecule has 0 heterocycles. The third kappa shape index (κ3) is 9.98. The summed E-state index contributed by atoms with van der Waals surface area (Å²) in [5.74, 6) is -0.467. The summed E-state index contributed by atoms with van der Waals surface area (Å²) in [4.78, 5) is 25.1. The normalized spacial score (nSPS) is 10.7. The zero-order valence-electron chi connectivity index (χ0n) is 30.5. The summed E-state index contributed by atoms with van der Waals surface area (Å²) in [5.41, 5.74) is 14.9. The van der Waals surface area contributed by atoms with Gasteiger partial charge in [0.05, 0.1) is 34.9 Å². The van der Waals surface area contributed by atoms with Crippen LogP contribution in [0, 0.1) is 27.7 Å². The number of para-hydroxylation sites is 4. The summed E-state index contributed by atoms with van der Waals surface area (Å²) < 4.78 is 0. The molecule has 6 aromatic carbocycles. The second-order valence-electron chi connectivity index (χ2n) is 12.4. The van der Waals surface area contributed by atoms with Crippen LogP contribution in [0.25, 0.3) is 0 Å². The lowest BCUT2D eigenvalue weighted by molar-refractivity contribution is 0.0948. The molecule has 0 atom stereocenters. The predicted octanol–water partition coefficient (Wildman–Crippen LogP) is 9.03. The van der Waals surface area contributed by atoms with E-state index in [4.69, 9.17) is 0 Å². The number of aromatic hydroxyl groups is 2. The molecular weight excluding hydrogens is 677 g/mol. The molecule has 0 fully saturated rings. The molecule has 10 nitrogen and oxygen atoms in total. The van der Waals surface area contributed by atoms with E-state index in [1.54, 1.807) is 72.8 Å². The number of hydrogen-bond donors (Lipinski definition) is 6. The third-order valence-electron chi connectivity index (χ3n) is 8.70. The molecule has 6 rings (SSSR count). The number of phenolic OH excluding ortho intramolecular Hbond substituents is 2. The minimum Gasteiger partial charge on any atom is -0.507 e. The van der Waals surface area contributed by atoms with Crippen LogP contribution >= 0.6 is 0 Å². The van der Waals surface area contributed by atoms with Crippen molar-refractivity contribution in [2.24, 2.45) is 10.2 Å². The Hall–Kier alpha value is -7.20. The lowest BCUT2D eigenvalue weighted by Crippen LogP contribution is -2.19. The molecule has 0 radical (unpaired) electrons. The molecule has 2 amide bonds. The minimum absolute atomic E-state index is 0.104. The summed E-state index contributed by atoms with van der Waals surface area (Å²) >= 11 is 0. The molecular formula is C44H42N6O4. The van der Waals surface area contributed by atoms with E-state index >= 15 is 0 Å². The first-order valence-corrected chi connectivity index (χ1v) is 17.2. The Morgan fingerprint density at radius 2 is 0.815 bits per heavy atom. The van der Waals surface area contributed by atoms with Crippen molar-refractivity contribution < 1.29 is 19.8 Å². The Morgan fingerprint density at radius 1 is 0.463 bits per heavy atom. The number of carbonyl (C=O) groups excluding carboxylic acids is 2. The van der Waals surface area contributed by atoms with Crippen molar-refractivity contribution in [3.05, 3.63) is 178 Å². The third-order valence-corrected chi connectivity index (χ3v) is 8.70. The molecule has 54 heavy (non-hydrogen) atoms. The van der Waals surface area contributed by atoms with Crippen LogP contribution in [0.3, 0.4) is 0 Å². The van der Waals surface area contributed by atoms with E-state index < -0.39 is 0 Å². The van der Waals surface area contributed by atoms with Crippen molar-refractivity contribution in [2.45, 2.75) is 27.7 Å². The van der Waals surface area contributed by atoms with Crippen molar-refractivity contribution in [3.63, 3.8) is 0 Å². The van der Waals surface area contributed by atoms with Gasteiger partial charge in [-0.2, -0.15) is 10.2 Å². The fraction of sp³-hybridized carbons (Fsp3) is 0.0909. The first-order chi connectivity index (χ1) is 26.1. The molecule has 0 unspecified atom stereocenters. The van der Waals surface area contributed by atoms with Gasteiger partial charge in [-0.25, -0.2) is 10.9 Å². The molecule has 0 spiro atoms. The monoisotopic (exact) mass is 718 g/mol. The van der Waals surface area contributed by atoms with Crippen molar-refractivity contribution >= 4 is 47.0 Å². The van der Waals surface area contributed by atoms with E-state index in [1.165, 1.54) is 23.6 Å². The summed E-state index contributed by atoms with van der Waals surface area (Å²) in [7, 11) is 0. The molecule has 0 aliphatic heterocycles. The van der Waals surface area contributed by atoms with Crippen molar-refractivity contribution in [3.8, 4) is 11.5 Å². The highest BCUT2D eigenvalue weighted by molar-refractivity contribution is 6.01. The number of benzene rings is 6. The SMILES string of the molecule is Cc1cccc(Nc2ccccc2C(=O)N/N=C/c2ccccc2O)c1C.Cc1cccc(Nc2ccccc2C(=O)N/N=C/c2ccccc2O)c1C. The van der Waals surface area contributed by atoms with Crippen LogP contribution < -0.4 is 21.5 Å².